The predicted octanol–water partition coefficient (Wildman–Crippen LogP) is 2.34. The number of hydrogen-bond donors (Lipinski definition) is 2. The largest absolute Gasteiger partial charge is 0.478 e. The van der Waals surface area contributed by atoms with Crippen molar-refractivity contribution in [1.82, 2.24) is 4.57 Å². The number of amides is 1. The van der Waals surface area contributed by atoms with Gasteiger partial charge in [0, 0.05) is 24.8 Å². The van der Waals surface area contributed by atoms with Gasteiger partial charge in [-0.2, -0.15) is 0 Å². The monoisotopic (exact) mass is 300 g/mol. The van der Waals surface area contributed by atoms with Gasteiger partial charge in [0.15, 0.2) is 6.29 Å². The lowest BCUT2D eigenvalue weighted by Gasteiger charge is -2.10. The van der Waals surface area contributed by atoms with Crippen molar-refractivity contribution < 1.29 is 19.5 Å². The third-order valence-electron chi connectivity index (χ3n) is 3.32. The van der Waals surface area contributed by atoms with Gasteiger partial charge in [0.05, 0.1) is 11.3 Å². The molecule has 2 N–H and O–H groups in total. The van der Waals surface area contributed by atoms with Crippen molar-refractivity contribution in [2.24, 2.45) is 0 Å². The molecule has 0 aliphatic rings. The zero-order chi connectivity index (χ0) is 16.1. The number of nitrogens with one attached hydrogen (secondary N) is 1. The Labute approximate surface area is 127 Å². The summed E-state index contributed by atoms with van der Waals surface area (Å²) in [5.74, 6) is -1.28. The van der Waals surface area contributed by atoms with Crippen molar-refractivity contribution in [2.75, 3.05) is 5.32 Å². The Morgan fingerprint density at radius 3 is 2.77 bits per heavy atom. The highest BCUT2D eigenvalue weighted by molar-refractivity contribution is 5.94. The van der Waals surface area contributed by atoms with E-state index in [1.807, 2.05) is 0 Å². The zero-order valence-corrected chi connectivity index (χ0v) is 12.1. The summed E-state index contributed by atoms with van der Waals surface area (Å²) in [7, 11) is 0. The minimum atomic E-state index is -1.04. The second-order valence-electron chi connectivity index (χ2n) is 4.88. The Bertz CT molecular complexity index is 719. The molecule has 1 heterocycles. The summed E-state index contributed by atoms with van der Waals surface area (Å²) in [6, 6.07) is 7.98. The van der Waals surface area contributed by atoms with Crippen LogP contribution in [0.2, 0.25) is 0 Å². The lowest BCUT2D eigenvalue weighted by Crippen LogP contribution is -2.16. The molecule has 22 heavy (non-hydrogen) atoms. The van der Waals surface area contributed by atoms with Gasteiger partial charge < -0.3 is 15.0 Å². The summed E-state index contributed by atoms with van der Waals surface area (Å²) < 4.78 is 1.69. The van der Waals surface area contributed by atoms with Crippen LogP contribution in [0, 0.1) is 6.92 Å². The quantitative estimate of drug-likeness (QED) is 0.801. The Kier molecular flexibility index (Phi) is 4.73. The number of aryl methyl sites for hydroxylation is 2. The van der Waals surface area contributed by atoms with E-state index in [1.54, 1.807) is 35.9 Å². The highest BCUT2D eigenvalue weighted by Crippen LogP contribution is 2.17. The van der Waals surface area contributed by atoms with E-state index in [-0.39, 0.29) is 17.9 Å². The number of hydrogen-bond acceptors (Lipinski definition) is 3. The van der Waals surface area contributed by atoms with Crippen LogP contribution in [0.3, 0.4) is 0 Å². The van der Waals surface area contributed by atoms with Gasteiger partial charge in [-0.25, -0.2) is 4.79 Å². The molecule has 0 radical (unpaired) electrons. The first kappa shape index (κ1) is 15.5. The number of aldehydes is 1. The summed E-state index contributed by atoms with van der Waals surface area (Å²) in [5.41, 5.74) is 1.90. The van der Waals surface area contributed by atoms with E-state index >= 15 is 0 Å². The number of rotatable bonds is 6. The van der Waals surface area contributed by atoms with E-state index in [0.29, 0.717) is 17.9 Å². The number of benzene rings is 1. The van der Waals surface area contributed by atoms with Gasteiger partial charge in [-0.05, 0) is 36.8 Å². The van der Waals surface area contributed by atoms with Crippen molar-refractivity contribution in [3.8, 4) is 0 Å². The Hall–Kier alpha value is -2.89. The molecular weight excluding hydrogens is 284 g/mol. The van der Waals surface area contributed by atoms with Crippen LogP contribution in [0.1, 0.15) is 32.8 Å². The number of carboxylic acids is 1. The number of nitrogens with zero attached hydrogens (tertiary/aromatic N) is 1. The normalized spacial score (nSPS) is 10.2. The Morgan fingerprint density at radius 1 is 1.32 bits per heavy atom. The average molecular weight is 300 g/mol. The molecule has 6 heteroatoms. The van der Waals surface area contributed by atoms with Gasteiger partial charge in [0.2, 0.25) is 5.91 Å². The number of aromatic nitrogens is 1. The lowest BCUT2D eigenvalue weighted by atomic mass is 10.1. The van der Waals surface area contributed by atoms with Crippen molar-refractivity contribution in [3.63, 3.8) is 0 Å². The molecule has 0 aliphatic carbocycles. The number of carboxylic acid groups (broad SMARTS) is 1. The molecule has 1 aromatic heterocycles. The summed E-state index contributed by atoms with van der Waals surface area (Å²) in [4.78, 5) is 33.7. The van der Waals surface area contributed by atoms with Crippen LogP contribution in [-0.2, 0) is 11.3 Å². The van der Waals surface area contributed by atoms with Gasteiger partial charge in [0.25, 0.3) is 0 Å². The van der Waals surface area contributed by atoms with Crippen LogP contribution in [0.4, 0.5) is 5.69 Å². The second kappa shape index (κ2) is 6.71. The van der Waals surface area contributed by atoms with E-state index in [0.717, 1.165) is 11.8 Å². The first-order valence-electron chi connectivity index (χ1n) is 6.75. The topological polar surface area (TPSA) is 88.4 Å². The van der Waals surface area contributed by atoms with E-state index < -0.39 is 5.97 Å². The minimum Gasteiger partial charge on any atom is -0.478 e. The average Bonchev–Trinajstić information content (AvgIpc) is 2.94. The van der Waals surface area contributed by atoms with Crippen molar-refractivity contribution in [2.45, 2.75) is 19.9 Å². The van der Waals surface area contributed by atoms with Gasteiger partial charge in [0.1, 0.15) is 0 Å². The molecule has 0 unspecified atom stereocenters. The fourth-order valence-electron chi connectivity index (χ4n) is 2.06. The molecule has 0 fully saturated rings. The van der Waals surface area contributed by atoms with Crippen LogP contribution in [0.5, 0.6) is 0 Å². The smallest absolute Gasteiger partial charge is 0.335 e. The molecule has 0 aliphatic heterocycles. The maximum atomic E-state index is 12.0. The molecule has 114 valence electrons. The summed E-state index contributed by atoms with van der Waals surface area (Å²) in [6.07, 6.45) is 2.65. The van der Waals surface area contributed by atoms with Crippen LogP contribution in [0.25, 0.3) is 0 Å². The highest BCUT2D eigenvalue weighted by atomic mass is 16.4. The van der Waals surface area contributed by atoms with Crippen molar-refractivity contribution >= 4 is 23.9 Å². The van der Waals surface area contributed by atoms with Crippen molar-refractivity contribution in [3.05, 3.63) is 53.3 Å². The molecule has 2 aromatic rings. The zero-order valence-electron chi connectivity index (χ0n) is 12.1. The fraction of sp³-hybridized carbons (Fsp3) is 0.188. The Balaban J connectivity index is 2.01. The van der Waals surface area contributed by atoms with Gasteiger partial charge in [-0.15, -0.1) is 0 Å². The first-order chi connectivity index (χ1) is 10.5. The molecule has 1 amide bonds. The minimum absolute atomic E-state index is 0.120. The summed E-state index contributed by atoms with van der Waals surface area (Å²) in [6.45, 7) is 2.17. The maximum Gasteiger partial charge on any atom is 0.335 e. The number of anilines is 1. The summed E-state index contributed by atoms with van der Waals surface area (Å²) >= 11 is 0. The standard InChI is InChI=1S/C16H16N2O4/c1-11-4-5-12(16(21)22)9-14(11)17-15(20)6-8-18-7-2-3-13(18)10-19/h2-5,7,9-10H,6,8H2,1H3,(H,17,20)(H,21,22). The Morgan fingerprint density at radius 2 is 2.09 bits per heavy atom. The van der Waals surface area contributed by atoms with Crippen LogP contribution in [-0.4, -0.2) is 27.8 Å². The molecule has 0 bridgehead atoms. The molecule has 0 saturated heterocycles. The van der Waals surface area contributed by atoms with Crippen LogP contribution >= 0.6 is 0 Å². The van der Waals surface area contributed by atoms with Gasteiger partial charge >= 0.3 is 5.97 Å². The van der Waals surface area contributed by atoms with E-state index in [4.69, 9.17) is 5.11 Å². The molecular formula is C16H16N2O4. The highest BCUT2D eigenvalue weighted by Gasteiger charge is 2.10. The van der Waals surface area contributed by atoms with Gasteiger partial charge in [-0.3, -0.25) is 9.59 Å². The molecule has 0 atom stereocenters. The SMILES string of the molecule is Cc1ccc(C(=O)O)cc1NC(=O)CCn1cccc1C=O. The molecule has 0 spiro atoms. The fourth-order valence-corrected chi connectivity index (χ4v) is 2.06. The lowest BCUT2D eigenvalue weighted by molar-refractivity contribution is -0.116. The number of aromatic carboxylic acids is 1. The van der Waals surface area contributed by atoms with Crippen LogP contribution < -0.4 is 5.32 Å². The van der Waals surface area contributed by atoms with Crippen molar-refractivity contribution in [1.29, 1.82) is 0 Å². The van der Waals surface area contributed by atoms with E-state index in [2.05, 4.69) is 5.32 Å². The number of carbonyl (C=O) groups excluding carboxylic acids is 2. The van der Waals surface area contributed by atoms with Crippen LogP contribution in [0.15, 0.2) is 36.5 Å². The molecule has 0 saturated carbocycles. The summed E-state index contributed by atoms with van der Waals surface area (Å²) in [5, 5.41) is 11.7. The first-order valence-corrected chi connectivity index (χ1v) is 6.75. The maximum absolute atomic E-state index is 12.0. The second-order valence-corrected chi connectivity index (χ2v) is 4.88. The van der Waals surface area contributed by atoms with E-state index in [1.165, 1.54) is 12.1 Å². The third-order valence-corrected chi connectivity index (χ3v) is 3.32. The van der Waals surface area contributed by atoms with Gasteiger partial charge in [-0.1, -0.05) is 6.07 Å². The predicted molar refractivity (Wildman–Crippen MR) is 81.2 cm³/mol. The molecule has 2 rings (SSSR count). The molecule has 6 nitrogen and oxygen atoms in total. The number of carbonyl (C=O) groups is 3. The van der Waals surface area contributed by atoms with E-state index in [9.17, 15) is 14.4 Å². The third kappa shape index (κ3) is 3.60. The molecule has 1 aromatic carbocycles.